The average molecular weight is 316 g/mol. The number of hydrazine groups is 1. The minimum Gasteiger partial charge on any atom is -0.270 e. The Morgan fingerprint density at radius 3 is 2.94 bits per heavy atom. The van der Waals surface area contributed by atoms with Crippen LogP contribution in [-0.2, 0) is 6.54 Å². The van der Waals surface area contributed by atoms with E-state index in [1.165, 1.54) is 0 Å². The molecule has 92 valence electrons. The molecule has 7 heteroatoms. The van der Waals surface area contributed by atoms with Gasteiger partial charge in [0.15, 0.2) is 0 Å². The molecule has 0 spiro atoms. The third-order valence-corrected chi connectivity index (χ3v) is 4.22. The molecule has 2 aromatic rings. The van der Waals surface area contributed by atoms with Crippen molar-refractivity contribution in [2.24, 2.45) is 5.84 Å². The zero-order valence-electron chi connectivity index (χ0n) is 9.64. The molecule has 0 amide bonds. The van der Waals surface area contributed by atoms with E-state index in [2.05, 4.69) is 38.4 Å². The first kappa shape index (κ1) is 12.7. The third-order valence-electron chi connectivity index (χ3n) is 2.62. The van der Waals surface area contributed by atoms with Crippen LogP contribution >= 0.6 is 27.3 Å². The summed E-state index contributed by atoms with van der Waals surface area (Å²) in [6.07, 6.45) is 1.79. The molecule has 0 aliphatic rings. The second-order valence-corrected chi connectivity index (χ2v) is 5.34. The van der Waals surface area contributed by atoms with Crippen LogP contribution in [0.15, 0.2) is 16.2 Å². The van der Waals surface area contributed by atoms with Crippen molar-refractivity contribution in [1.82, 2.24) is 20.2 Å². The number of nitrogens with one attached hydrogen (secondary N) is 1. The summed E-state index contributed by atoms with van der Waals surface area (Å²) in [4.78, 5) is 5.37. The van der Waals surface area contributed by atoms with Crippen molar-refractivity contribution in [1.29, 1.82) is 0 Å². The molecule has 0 aliphatic heterocycles. The van der Waals surface area contributed by atoms with E-state index in [0.29, 0.717) is 0 Å². The van der Waals surface area contributed by atoms with Gasteiger partial charge < -0.3 is 0 Å². The predicted octanol–water partition coefficient (Wildman–Crippen LogP) is 1.98. The van der Waals surface area contributed by atoms with Gasteiger partial charge in [-0.05, 0) is 29.8 Å². The highest BCUT2D eigenvalue weighted by Crippen LogP contribution is 2.31. The minimum absolute atomic E-state index is 0.0840. The molecule has 0 saturated carbocycles. The van der Waals surface area contributed by atoms with Crippen LogP contribution in [0.1, 0.15) is 29.2 Å². The first-order valence-electron chi connectivity index (χ1n) is 5.26. The van der Waals surface area contributed by atoms with E-state index in [4.69, 9.17) is 5.84 Å². The summed E-state index contributed by atoms with van der Waals surface area (Å²) >= 11 is 5.11. The quantitative estimate of drug-likeness (QED) is 0.668. The Morgan fingerprint density at radius 2 is 2.41 bits per heavy atom. The van der Waals surface area contributed by atoms with E-state index in [9.17, 15) is 0 Å². The van der Waals surface area contributed by atoms with E-state index >= 15 is 0 Å². The average Bonchev–Trinajstić information content (AvgIpc) is 2.89. The number of hydrogen-bond donors (Lipinski definition) is 2. The van der Waals surface area contributed by atoms with Gasteiger partial charge in [-0.15, -0.1) is 11.3 Å². The normalized spacial score (nSPS) is 12.9. The molecule has 2 rings (SSSR count). The van der Waals surface area contributed by atoms with Gasteiger partial charge in [-0.3, -0.25) is 10.5 Å². The van der Waals surface area contributed by atoms with Crippen molar-refractivity contribution in [3.05, 3.63) is 32.4 Å². The highest BCUT2D eigenvalue weighted by Gasteiger charge is 2.23. The van der Waals surface area contributed by atoms with Crippen LogP contribution in [0, 0.1) is 6.92 Å². The van der Waals surface area contributed by atoms with Crippen molar-refractivity contribution in [2.45, 2.75) is 26.4 Å². The minimum atomic E-state index is -0.0840. The summed E-state index contributed by atoms with van der Waals surface area (Å²) in [6.45, 7) is 4.84. The van der Waals surface area contributed by atoms with Crippen LogP contribution in [0.2, 0.25) is 0 Å². The van der Waals surface area contributed by atoms with Gasteiger partial charge in [-0.1, -0.05) is 0 Å². The third kappa shape index (κ3) is 2.28. The number of thiazole rings is 1. The van der Waals surface area contributed by atoms with Gasteiger partial charge in [0.2, 0.25) is 0 Å². The van der Waals surface area contributed by atoms with Crippen LogP contribution in [0.5, 0.6) is 0 Å². The molecule has 0 bridgehead atoms. The van der Waals surface area contributed by atoms with E-state index < -0.39 is 0 Å². The number of hydrogen-bond acceptors (Lipinski definition) is 5. The predicted molar refractivity (Wildman–Crippen MR) is 71.6 cm³/mol. The fourth-order valence-corrected chi connectivity index (χ4v) is 3.17. The maximum Gasteiger partial charge on any atom is 0.1000 e. The largest absolute Gasteiger partial charge is 0.270 e. The standard InChI is InChI=1S/C10H14BrN5S/c1-3-16-9(7(11)4-14-16)8(15-12)10-6(2)13-5-17-10/h4-5,8,15H,3,12H2,1-2H3. The lowest BCUT2D eigenvalue weighted by molar-refractivity contribution is 0.545. The Hall–Kier alpha value is -0.760. The highest BCUT2D eigenvalue weighted by atomic mass is 79.9. The van der Waals surface area contributed by atoms with Gasteiger partial charge in [0.05, 0.1) is 38.5 Å². The number of aryl methyl sites for hydroxylation is 2. The first-order valence-corrected chi connectivity index (χ1v) is 6.93. The Kier molecular flexibility index (Phi) is 3.93. The molecule has 0 radical (unpaired) electrons. The molecule has 0 saturated heterocycles. The zero-order valence-corrected chi connectivity index (χ0v) is 12.0. The second-order valence-electron chi connectivity index (χ2n) is 3.60. The van der Waals surface area contributed by atoms with Crippen molar-refractivity contribution in [3.63, 3.8) is 0 Å². The molecule has 17 heavy (non-hydrogen) atoms. The molecule has 3 N–H and O–H groups in total. The topological polar surface area (TPSA) is 68.8 Å². The maximum atomic E-state index is 5.68. The van der Waals surface area contributed by atoms with Crippen molar-refractivity contribution < 1.29 is 0 Å². The monoisotopic (exact) mass is 315 g/mol. The van der Waals surface area contributed by atoms with Crippen LogP contribution in [-0.4, -0.2) is 14.8 Å². The first-order chi connectivity index (χ1) is 8.19. The summed E-state index contributed by atoms with van der Waals surface area (Å²) < 4.78 is 2.88. The summed E-state index contributed by atoms with van der Waals surface area (Å²) in [5, 5.41) is 4.30. The van der Waals surface area contributed by atoms with Gasteiger partial charge >= 0.3 is 0 Å². The molecule has 1 unspecified atom stereocenters. The molecule has 2 heterocycles. The Morgan fingerprint density at radius 1 is 1.65 bits per heavy atom. The number of nitrogens with two attached hydrogens (primary N) is 1. The number of rotatable bonds is 4. The summed E-state index contributed by atoms with van der Waals surface area (Å²) in [5.41, 5.74) is 6.70. The lowest BCUT2D eigenvalue weighted by atomic mass is 10.1. The molecule has 5 nitrogen and oxygen atoms in total. The molecule has 2 aromatic heterocycles. The van der Waals surface area contributed by atoms with Gasteiger partial charge in [-0.2, -0.15) is 5.10 Å². The van der Waals surface area contributed by atoms with E-state index in [-0.39, 0.29) is 6.04 Å². The zero-order chi connectivity index (χ0) is 12.4. The van der Waals surface area contributed by atoms with E-state index in [0.717, 1.165) is 27.3 Å². The summed E-state index contributed by atoms with van der Waals surface area (Å²) in [7, 11) is 0. The number of halogens is 1. The van der Waals surface area contributed by atoms with Crippen molar-refractivity contribution in [2.75, 3.05) is 0 Å². The van der Waals surface area contributed by atoms with Gasteiger partial charge in [0, 0.05) is 6.54 Å². The Bertz CT molecular complexity index is 507. The van der Waals surface area contributed by atoms with Crippen LogP contribution in [0.25, 0.3) is 0 Å². The fourth-order valence-electron chi connectivity index (χ4n) is 1.78. The van der Waals surface area contributed by atoms with Crippen LogP contribution < -0.4 is 11.3 Å². The summed E-state index contributed by atoms with van der Waals surface area (Å²) in [6, 6.07) is -0.0840. The Labute approximate surface area is 112 Å². The lowest BCUT2D eigenvalue weighted by Gasteiger charge is -2.17. The Balaban J connectivity index is 2.49. The van der Waals surface area contributed by atoms with Crippen molar-refractivity contribution >= 4 is 27.3 Å². The molecular formula is C10H14BrN5S. The highest BCUT2D eigenvalue weighted by molar-refractivity contribution is 9.10. The smallest absolute Gasteiger partial charge is 0.1000 e. The molecular weight excluding hydrogens is 302 g/mol. The second kappa shape index (κ2) is 5.26. The van der Waals surface area contributed by atoms with Gasteiger partial charge in [-0.25, -0.2) is 10.4 Å². The van der Waals surface area contributed by atoms with Crippen LogP contribution in [0.3, 0.4) is 0 Å². The van der Waals surface area contributed by atoms with Crippen molar-refractivity contribution in [3.8, 4) is 0 Å². The van der Waals surface area contributed by atoms with Gasteiger partial charge in [0.1, 0.15) is 0 Å². The lowest BCUT2D eigenvalue weighted by Crippen LogP contribution is -2.30. The fraction of sp³-hybridized carbons (Fsp3) is 0.400. The maximum absolute atomic E-state index is 5.68. The molecule has 0 aliphatic carbocycles. The summed E-state index contributed by atoms with van der Waals surface area (Å²) in [5.74, 6) is 5.68. The van der Waals surface area contributed by atoms with Crippen LogP contribution in [0.4, 0.5) is 0 Å². The van der Waals surface area contributed by atoms with Gasteiger partial charge in [0.25, 0.3) is 0 Å². The number of aromatic nitrogens is 3. The number of nitrogens with zero attached hydrogens (tertiary/aromatic N) is 3. The SMILES string of the molecule is CCn1ncc(Br)c1C(NN)c1scnc1C. The van der Waals surface area contributed by atoms with E-state index in [1.807, 2.05) is 17.1 Å². The molecule has 1 atom stereocenters. The molecule has 0 aromatic carbocycles. The van der Waals surface area contributed by atoms with E-state index in [1.54, 1.807) is 17.5 Å². The molecule has 0 fully saturated rings.